The van der Waals surface area contributed by atoms with Gasteiger partial charge in [-0.05, 0) is 78.7 Å². The molecule has 0 atom stereocenters. The van der Waals surface area contributed by atoms with Gasteiger partial charge in [0, 0.05) is 24.7 Å². The Kier molecular flexibility index (Phi) is 6.41. The van der Waals surface area contributed by atoms with Crippen molar-refractivity contribution >= 4 is 11.7 Å². The zero-order valence-corrected chi connectivity index (χ0v) is 21.9. The number of halogens is 4. The van der Waals surface area contributed by atoms with Gasteiger partial charge >= 0.3 is 6.18 Å². The van der Waals surface area contributed by atoms with Gasteiger partial charge in [-0.1, -0.05) is 18.2 Å². The van der Waals surface area contributed by atoms with Crippen molar-refractivity contribution in [3.8, 4) is 22.5 Å². The highest BCUT2D eigenvalue weighted by Gasteiger charge is 2.38. The van der Waals surface area contributed by atoms with Crippen LogP contribution in [-0.4, -0.2) is 32.2 Å². The van der Waals surface area contributed by atoms with Crippen LogP contribution in [0.1, 0.15) is 45.6 Å². The number of nitrogens with one attached hydrogen (secondary N) is 1. The number of alkyl halides is 3. The maximum atomic E-state index is 14.2. The van der Waals surface area contributed by atoms with E-state index >= 15 is 0 Å². The van der Waals surface area contributed by atoms with Crippen molar-refractivity contribution in [3.05, 3.63) is 82.6 Å². The first-order valence-corrected chi connectivity index (χ1v) is 13.0. The number of aryl methyl sites for hydroxylation is 2. The van der Waals surface area contributed by atoms with Gasteiger partial charge in [0.15, 0.2) is 5.82 Å². The van der Waals surface area contributed by atoms with E-state index in [0.717, 1.165) is 18.4 Å². The van der Waals surface area contributed by atoms with Gasteiger partial charge < -0.3 is 9.88 Å². The highest BCUT2D eigenvalue weighted by atomic mass is 19.4. The van der Waals surface area contributed by atoms with Gasteiger partial charge in [-0.2, -0.15) is 13.2 Å². The lowest BCUT2D eigenvalue weighted by Gasteiger charge is -2.21. The molecule has 206 valence electrons. The molecule has 2 aromatic heterocycles. The Balaban J connectivity index is 1.34. The van der Waals surface area contributed by atoms with Crippen LogP contribution >= 0.6 is 0 Å². The van der Waals surface area contributed by atoms with Crippen LogP contribution in [0.2, 0.25) is 0 Å². The number of rotatable bonds is 7. The summed E-state index contributed by atoms with van der Waals surface area (Å²) in [6.45, 7) is 2.20. The summed E-state index contributed by atoms with van der Waals surface area (Å²) in [7, 11) is 1.75. The first-order chi connectivity index (χ1) is 19.1. The third kappa shape index (κ3) is 4.85. The van der Waals surface area contributed by atoms with Gasteiger partial charge in [-0.15, -0.1) is 10.2 Å². The normalized spacial score (nSPS) is 15.2. The summed E-state index contributed by atoms with van der Waals surface area (Å²) in [5.41, 5.74) is 2.14. The number of amides is 1. The lowest BCUT2D eigenvalue weighted by molar-refractivity contribution is -0.139. The Morgan fingerprint density at radius 2 is 1.85 bits per heavy atom. The molecule has 3 heterocycles. The number of hydrogen-bond donors (Lipinski definition) is 1. The Morgan fingerprint density at radius 1 is 1.05 bits per heavy atom. The van der Waals surface area contributed by atoms with Crippen molar-refractivity contribution in [2.24, 2.45) is 13.0 Å². The van der Waals surface area contributed by atoms with E-state index in [2.05, 4.69) is 20.5 Å². The molecule has 6 rings (SSSR count). The molecule has 1 amide bonds. The first-order valence-electron chi connectivity index (χ1n) is 13.0. The predicted octanol–water partition coefficient (Wildman–Crippen LogP) is 5.67. The van der Waals surface area contributed by atoms with E-state index in [4.69, 9.17) is 0 Å². The highest BCUT2D eigenvalue weighted by Crippen LogP contribution is 2.39. The van der Waals surface area contributed by atoms with Crippen molar-refractivity contribution in [2.75, 3.05) is 11.4 Å². The molecule has 1 saturated carbocycles. The first kappa shape index (κ1) is 26.1. The minimum absolute atomic E-state index is 0.0379. The van der Waals surface area contributed by atoms with Gasteiger partial charge in [0.2, 0.25) is 0 Å². The number of aromatic nitrogens is 4. The largest absolute Gasteiger partial charge is 0.418 e. The van der Waals surface area contributed by atoms with Crippen LogP contribution in [0.25, 0.3) is 22.5 Å². The molecule has 0 unspecified atom stereocenters. The topological polar surface area (TPSA) is 75.9 Å². The quantitative estimate of drug-likeness (QED) is 0.300. The molecule has 0 spiro atoms. The molecule has 2 aliphatic rings. The van der Waals surface area contributed by atoms with Gasteiger partial charge in [-0.25, -0.2) is 9.37 Å². The molecule has 1 aliphatic carbocycles. The highest BCUT2D eigenvalue weighted by molar-refractivity contribution is 6.10. The number of anilines is 1. The average molecular weight is 551 g/mol. The molecular weight excluding hydrogens is 524 g/mol. The standard InChI is InChI=1S/C29H26F4N6O/c1-16-26(29(31,32)33)20(13-34-12-17-3-4-17)10-25(36-16)39-14-19-6-5-18(9-23(19)28(39)40)22-8-7-21(30)11-24(22)27-37-35-15-38(27)2/h5-11,15,17,34H,3-4,12-14H2,1-2H3. The summed E-state index contributed by atoms with van der Waals surface area (Å²) in [6.07, 6.45) is -0.877. The number of pyridine rings is 1. The van der Waals surface area contributed by atoms with E-state index in [1.54, 1.807) is 29.8 Å². The van der Waals surface area contributed by atoms with Crippen molar-refractivity contribution in [1.82, 2.24) is 25.1 Å². The number of fused-ring (bicyclic) bond motifs is 1. The van der Waals surface area contributed by atoms with Crippen molar-refractivity contribution < 1.29 is 22.4 Å². The number of hydrogen-bond acceptors (Lipinski definition) is 5. The van der Waals surface area contributed by atoms with Crippen LogP contribution in [0, 0.1) is 18.7 Å². The van der Waals surface area contributed by atoms with Gasteiger partial charge in [-0.3, -0.25) is 9.69 Å². The Morgan fingerprint density at radius 3 is 2.55 bits per heavy atom. The van der Waals surface area contributed by atoms with E-state index in [0.29, 0.717) is 40.5 Å². The van der Waals surface area contributed by atoms with Crippen molar-refractivity contribution in [2.45, 2.75) is 39.0 Å². The van der Waals surface area contributed by atoms with Crippen LogP contribution in [0.15, 0.2) is 48.8 Å². The third-order valence-corrected chi connectivity index (χ3v) is 7.43. The molecule has 4 aromatic rings. The fraction of sp³-hybridized carbons (Fsp3) is 0.310. The summed E-state index contributed by atoms with van der Waals surface area (Å²) >= 11 is 0. The molecule has 11 heteroatoms. The summed E-state index contributed by atoms with van der Waals surface area (Å²) < 4.78 is 57.6. The van der Waals surface area contributed by atoms with E-state index < -0.39 is 17.6 Å². The van der Waals surface area contributed by atoms with Crippen LogP contribution in [0.3, 0.4) is 0 Å². The maximum Gasteiger partial charge on any atom is 0.418 e. The molecule has 40 heavy (non-hydrogen) atoms. The van der Waals surface area contributed by atoms with Crippen LogP contribution in [0.4, 0.5) is 23.4 Å². The van der Waals surface area contributed by atoms with Gasteiger partial charge in [0.25, 0.3) is 5.91 Å². The molecular formula is C29H26F4N6O. The van der Waals surface area contributed by atoms with Gasteiger partial charge in [0.05, 0.1) is 17.8 Å². The fourth-order valence-electron chi connectivity index (χ4n) is 5.25. The van der Waals surface area contributed by atoms with E-state index in [9.17, 15) is 22.4 Å². The molecule has 2 aromatic carbocycles. The third-order valence-electron chi connectivity index (χ3n) is 7.43. The molecule has 0 radical (unpaired) electrons. The molecule has 1 aliphatic heterocycles. The Hall–Kier alpha value is -4.12. The summed E-state index contributed by atoms with van der Waals surface area (Å²) in [4.78, 5) is 19.2. The van der Waals surface area contributed by atoms with E-state index in [1.807, 2.05) is 6.07 Å². The molecule has 7 nitrogen and oxygen atoms in total. The molecule has 0 bridgehead atoms. The van der Waals surface area contributed by atoms with Crippen molar-refractivity contribution in [1.29, 1.82) is 0 Å². The zero-order chi connectivity index (χ0) is 28.2. The van der Waals surface area contributed by atoms with Crippen molar-refractivity contribution in [3.63, 3.8) is 0 Å². The second kappa shape index (κ2) is 9.81. The SMILES string of the molecule is Cc1nc(N2Cc3ccc(-c4ccc(F)cc4-c4nncn4C)cc3C2=O)cc(CNCC2CC2)c1C(F)(F)F. The van der Waals surface area contributed by atoms with Crippen LogP contribution in [-0.2, 0) is 26.3 Å². The summed E-state index contributed by atoms with van der Waals surface area (Å²) in [6, 6.07) is 11.1. The minimum atomic E-state index is -4.56. The molecule has 0 saturated heterocycles. The lowest BCUT2D eigenvalue weighted by atomic mass is 9.96. The monoisotopic (exact) mass is 550 g/mol. The Labute approximate surface area is 227 Å². The smallest absolute Gasteiger partial charge is 0.317 e. The molecule has 1 N–H and O–H groups in total. The maximum absolute atomic E-state index is 14.2. The fourth-order valence-corrected chi connectivity index (χ4v) is 5.25. The van der Waals surface area contributed by atoms with Crippen LogP contribution < -0.4 is 10.2 Å². The van der Waals surface area contributed by atoms with Crippen LogP contribution in [0.5, 0.6) is 0 Å². The van der Waals surface area contributed by atoms with Gasteiger partial charge in [0.1, 0.15) is 18.0 Å². The second-order valence-electron chi connectivity index (χ2n) is 10.4. The number of nitrogens with zero attached hydrogens (tertiary/aromatic N) is 5. The zero-order valence-electron chi connectivity index (χ0n) is 21.9. The van der Waals surface area contributed by atoms with E-state index in [-0.39, 0.29) is 36.1 Å². The number of carbonyl (C=O) groups excluding carboxylic acids is 1. The van der Waals surface area contributed by atoms with E-state index in [1.165, 1.54) is 36.4 Å². The predicted molar refractivity (Wildman–Crippen MR) is 141 cm³/mol. The number of benzene rings is 2. The Bertz CT molecular complexity index is 1630. The average Bonchev–Trinajstić information content (AvgIpc) is 3.53. The second-order valence-corrected chi connectivity index (χ2v) is 10.4. The minimum Gasteiger partial charge on any atom is -0.317 e. The summed E-state index contributed by atoms with van der Waals surface area (Å²) in [5, 5.41) is 11.1. The number of carbonyl (C=O) groups is 1. The summed E-state index contributed by atoms with van der Waals surface area (Å²) in [5.74, 6) is 0.364. The lowest BCUT2D eigenvalue weighted by Crippen LogP contribution is -2.27. The molecule has 1 fully saturated rings.